The van der Waals surface area contributed by atoms with E-state index < -0.39 is 0 Å². The summed E-state index contributed by atoms with van der Waals surface area (Å²) in [6.45, 7) is 4.67. The van der Waals surface area contributed by atoms with E-state index in [1.165, 1.54) is 32.1 Å². The summed E-state index contributed by atoms with van der Waals surface area (Å²) in [5.41, 5.74) is 0.716. The number of nitrogens with zero attached hydrogens (tertiary/aromatic N) is 1. The SMILES string of the molecule is CC(=O)CN1CCC2(CCC2)CC1. The topological polar surface area (TPSA) is 20.3 Å². The predicted octanol–water partition coefficient (Wildman–Crippen LogP) is 1.84. The van der Waals surface area contributed by atoms with E-state index in [9.17, 15) is 4.79 Å². The number of Topliss-reactive ketones (excluding diaryl/α,β-unsaturated/α-hetero) is 1. The third kappa shape index (κ3) is 1.93. The Morgan fingerprint density at radius 1 is 1.23 bits per heavy atom. The minimum absolute atomic E-state index is 0.310. The highest BCUT2D eigenvalue weighted by Gasteiger charge is 2.39. The highest BCUT2D eigenvalue weighted by Crippen LogP contribution is 2.48. The van der Waals surface area contributed by atoms with E-state index in [0.717, 1.165) is 13.1 Å². The Morgan fingerprint density at radius 3 is 2.23 bits per heavy atom. The Kier molecular flexibility index (Phi) is 2.41. The van der Waals surface area contributed by atoms with E-state index in [-0.39, 0.29) is 0 Å². The number of hydrogen-bond donors (Lipinski definition) is 0. The molecule has 1 spiro atoms. The molecule has 2 rings (SSSR count). The molecule has 0 unspecified atom stereocenters. The van der Waals surface area contributed by atoms with Gasteiger partial charge < -0.3 is 0 Å². The highest BCUT2D eigenvalue weighted by atomic mass is 16.1. The smallest absolute Gasteiger partial charge is 0.143 e. The molecule has 0 N–H and O–H groups in total. The summed E-state index contributed by atoms with van der Waals surface area (Å²) < 4.78 is 0. The Bertz CT molecular complexity index is 198. The fourth-order valence-electron chi connectivity index (χ4n) is 2.68. The van der Waals surface area contributed by atoms with Crippen LogP contribution in [-0.2, 0) is 4.79 Å². The Balaban J connectivity index is 1.79. The monoisotopic (exact) mass is 181 g/mol. The van der Waals surface area contributed by atoms with Crippen molar-refractivity contribution in [1.82, 2.24) is 4.90 Å². The Hall–Kier alpha value is -0.370. The fraction of sp³-hybridized carbons (Fsp3) is 0.909. The summed E-state index contributed by atoms with van der Waals surface area (Å²) >= 11 is 0. The first-order valence-electron chi connectivity index (χ1n) is 5.42. The van der Waals surface area contributed by atoms with Crippen molar-refractivity contribution in [2.45, 2.75) is 39.0 Å². The average molecular weight is 181 g/mol. The van der Waals surface area contributed by atoms with E-state index in [1.54, 1.807) is 6.92 Å². The van der Waals surface area contributed by atoms with Gasteiger partial charge >= 0.3 is 0 Å². The number of hydrogen-bond acceptors (Lipinski definition) is 2. The molecule has 74 valence electrons. The number of ketones is 1. The van der Waals surface area contributed by atoms with E-state index in [0.29, 0.717) is 17.7 Å². The maximum absolute atomic E-state index is 10.9. The minimum Gasteiger partial charge on any atom is -0.299 e. The summed E-state index contributed by atoms with van der Waals surface area (Å²) in [5, 5.41) is 0. The van der Waals surface area contributed by atoms with Gasteiger partial charge in [0.05, 0.1) is 6.54 Å². The van der Waals surface area contributed by atoms with Crippen molar-refractivity contribution in [1.29, 1.82) is 0 Å². The number of likely N-dealkylation sites (tertiary alicyclic amines) is 1. The largest absolute Gasteiger partial charge is 0.299 e. The number of rotatable bonds is 2. The van der Waals surface area contributed by atoms with Gasteiger partial charge in [-0.15, -0.1) is 0 Å². The van der Waals surface area contributed by atoms with Gasteiger partial charge in [0, 0.05) is 0 Å². The second-order valence-electron chi connectivity index (χ2n) is 4.83. The molecule has 2 aliphatic rings. The van der Waals surface area contributed by atoms with Crippen molar-refractivity contribution < 1.29 is 4.79 Å². The molecule has 2 heteroatoms. The zero-order valence-electron chi connectivity index (χ0n) is 8.51. The molecule has 0 amide bonds. The molecule has 0 radical (unpaired) electrons. The van der Waals surface area contributed by atoms with Crippen LogP contribution in [0.15, 0.2) is 0 Å². The summed E-state index contributed by atoms with van der Waals surface area (Å²) in [5.74, 6) is 0.310. The molecule has 13 heavy (non-hydrogen) atoms. The van der Waals surface area contributed by atoms with Crippen LogP contribution in [0.25, 0.3) is 0 Å². The molecule has 0 aromatic rings. The van der Waals surface area contributed by atoms with Gasteiger partial charge in [0.1, 0.15) is 5.78 Å². The molecular formula is C11H19NO. The molecule has 1 saturated heterocycles. The third-order valence-electron chi connectivity index (χ3n) is 3.78. The fourth-order valence-corrected chi connectivity index (χ4v) is 2.68. The molecule has 0 bridgehead atoms. The Labute approximate surface area is 80.3 Å². The lowest BCUT2D eigenvalue weighted by atomic mass is 9.63. The molecule has 1 heterocycles. The zero-order valence-corrected chi connectivity index (χ0v) is 8.51. The second-order valence-corrected chi connectivity index (χ2v) is 4.83. The quantitative estimate of drug-likeness (QED) is 0.648. The van der Waals surface area contributed by atoms with Crippen LogP contribution in [0.4, 0.5) is 0 Å². The maximum Gasteiger partial charge on any atom is 0.143 e. The zero-order chi connectivity index (χ0) is 9.31. The summed E-state index contributed by atoms with van der Waals surface area (Å²) in [7, 11) is 0. The minimum atomic E-state index is 0.310. The van der Waals surface area contributed by atoms with Gasteiger partial charge in [0.25, 0.3) is 0 Å². The van der Waals surface area contributed by atoms with E-state index in [4.69, 9.17) is 0 Å². The van der Waals surface area contributed by atoms with Crippen molar-refractivity contribution in [3.8, 4) is 0 Å². The molecule has 1 aliphatic carbocycles. The molecule has 0 aromatic carbocycles. The molecule has 2 fully saturated rings. The first-order valence-corrected chi connectivity index (χ1v) is 5.42. The summed E-state index contributed by atoms with van der Waals surface area (Å²) in [6, 6.07) is 0. The van der Waals surface area contributed by atoms with Gasteiger partial charge in [0.2, 0.25) is 0 Å². The van der Waals surface area contributed by atoms with E-state index >= 15 is 0 Å². The highest BCUT2D eigenvalue weighted by molar-refractivity contribution is 5.77. The lowest BCUT2D eigenvalue weighted by Gasteiger charge is -2.47. The Morgan fingerprint density at radius 2 is 1.85 bits per heavy atom. The van der Waals surface area contributed by atoms with Crippen LogP contribution in [0, 0.1) is 5.41 Å². The molecular weight excluding hydrogens is 162 g/mol. The van der Waals surface area contributed by atoms with Crippen LogP contribution < -0.4 is 0 Å². The molecule has 0 atom stereocenters. The first-order chi connectivity index (χ1) is 6.20. The van der Waals surface area contributed by atoms with Crippen LogP contribution in [-0.4, -0.2) is 30.3 Å². The molecule has 2 nitrogen and oxygen atoms in total. The number of piperidine rings is 1. The molecule has 1 saturated carbocycles. The van der Waals surface area contributed by atoms with Crippen molar-refractivity contribution >= 4 is 5.78 Å². The standard InChI is InChI=1S/C11H19NO/c1-10(13)9-12-7-5-11(6-8-12)3-2-4-11/h2-9H2,1H3. The lowest BCUT2D eigenvalue weighted by molar-refractivity contribution is -0.119. The van der Waals surface area contributed by atoms with Crippen molar-refractivity contribution in [3.05, 3.63) is 0 Å². The van der Waals surface area contributed by atoms with Gasteiger partial charge in [-0.3, -0.25) is 9.69 Å². The molecule has 1 aliphatic heterocycles. The second kappa shape index (κ2) is 3.41. The van der Waals surface area contributed by atoms with Gasteiger partial charge in [0.15, 0.2) is 0 Å². The van der Waals surface area contributed by atoms with Gasteiger partial charge in [-0.1, -0.05) is 6.42 Å². The van der Waals surface area contributed by atoms with E-state index in [1.807, 2.05) is 0 Å². The summed E-state index contributed by atoms with van der Waals surface area (Å²) in [4.78, 5) is 13.2. The number of carbonyl (C=O) groups is 1. The van der Waals surface area contributed by atoms with Crippen molar-refractivity contribution in [2.24, 2.45) is 5.41 Å². The molecule has 0 aromatic heterocycles. The van der Waals surface area contributed by atoms with Crippen LogP contribution >= 0.6 is 0 Å². The maximum atomic E-state index is 10.9. The van der Waals surface area contributed by atoms with Crippen LogP contribution in [0.5, 0.6) is 0 Å². The third-order valence-corrected chi connectivity index (χ3v) is 3.78. The predicted molar refractivity (Wildman–Crippen MR) is 52.6 cm³/mol. The van der Waals surface area contributed by atoms with Gasteiger partial charge in [-0.05, 0) is 51.1 Å². The van der Waals surface area contributed by atoms with E-state index in [2.05, 4.69) is 4.90 Å². The van der Waals surface area contributed by atoms with Gasteiger partial charge in [-0.25, -0.2) is 0 Å². The average Bonchev–Trinajstić information content (AvgIpc) is 2.02. The van der Waals surface area contributed by atoms with Gasteiger partial charge in [-0.2, -0.15) is 0 Å². The van der Waals surface area contributed by atoms with Crippen molar-refractivity contribution in [2.75, 3.05) is 19.6 Å². The normalized spacial score (nSPS) is 27.2. The lowest BCUT2D eigenvalue weighted by Crippen LogP contribution is -2.44. The number of carbonyl (C=O) groups excluding carboxylic acids is 1. The van der Waals surface area contributed by atoms with Crippen molar-refractivity contribution in [3.63, 3.8) is 0 Å². The van der Waals surface area contributed by atoms with Crippen LogP contribution in [0.3, 0.4) is 0 Å². The van der Waals surface area contributed by atoms with Crippen LogP contribution in [0.2, 0.25) is 0 Å². The summed E-state index contributed by atoms with van der Waals surface area (Å²) in [6.07, 6.45) is 7.00. The van der Waals surface area contributed by atoms with Crippen LogP contribution in [0.1, 0.15) is 39.0 Å². The first kappa shape index (κ1) is 9.20.